The molecular weight excluding hydrogens is 350 g/mol. The highest BCUT2D eigenvalue weighted by molar-refractivity contribution is 7.89. The molecule has 0 fully saturated rings. The van der Waals surface area contributed by atoms with Gasteiger partial charge in [-0.2, -0.15) is 0 Å². The first kappa shape index (κ1) is 18.2. The van der Waals surface area contributed by atoms with E-state index in [4.69, 9.17) is 0 Å². The average Bonchev–Trinajstić information content (AvgIpc) is 3.10. The van der Waals surface area contributed by atoms with Crippen molar-refractivity contribution in [1.29, 1.82) is 0 Å². The van der Waals surface area contributed by atoms with Crippen molar-refractivity contribution in [2.75, 3.05) is 0 Å². The minimum atomic E-state index is -3.84. The first-order valence-electron chi connectivity index (χ1n) is 8.40. The quantitative estimate of drug-likeness (QED) is 0.581. The summed E-state index contributed by atoms with van der Waals surface area (Å²) >= 11 is 0. The molecule has 2 aromatic carbocycles. The summed E-state index contributed by atoms with van der Waals surface area (Å²) in [5.41, 5.74) is 4.52. The third-order valence-electron chi connectivity index (χ3n) is 4.50. The molecule has 0 unspecified atom stereocenters. The van der Waals surface area contributed by atoms with Crippen LogP contribution in [0, 0.1) is 0 Å². The van der Waals surface area contributed by atoms with Gasteiger partial charge >= 0.3 is 0 Å². The molecule has 6 nitrogen and oxygen atoms in total. The van der Waals surface area contributed by atoms with Crippen LogP contribution in [-0.2, 0) is 10.0 Å². The fourth-order valence-corrected chi connectivity index (χ4v) is 3.55. The highest BCUT2D eigenvalue weighted by atomic mass is 32.2. The Balaban J connectivity index is 1.72. The molecule has 1 amide bonds. The Morgan fingerprint density at radius 1 is 1.12 bits per heavy atom. The van der Waals surface area contributed by atoms with Crippen LogP contribution in [0.4, 0.5) is 0 Å². The Kier molecular flexibility index (Phi) is 5.11. The lowest BCUT2D eigenvalue weighted by molar-refractivity contribution is 0.0947. The molecule has 1 aromatic heterocycles. The highest BCUT2D eigenvalue weighted by Gasteiger charge is 2.18. The Morgan fingerprint density at radius 3 is 2.50 bits per heavy atom. The summed E-state index contributed by atoms with van der Waals surface area (Å²) < 4.78 is 24.8. The van der Waals surface area contributed by atoms with Crippen molar-refractivity contribution in [3.05, 3.63) is 65.9 Å². The van der Waals surface area contributed by atoms with Crippen LogP contribution in [0.1, 0.15) is 42.1 Å². The number of carbonyl (C=O) groups excluding carboxylic acids is 1. The number of fused-ring (bicyclic) bond motifs is 1. The zero-order valence-electron chi connectivity index (χ0n) is 14.6. The van der Waals surface area contributed by atoms with Crippen LogP contribution >= 0.6 is 0 Å². The van der Waals surface area contributed by atoms with Crippen molar-refractivity contribution in [2.45, 2.75) is 31.1 Å². The second-order valence-corrected chi connectivity index (χ2v) is 7.87. The summed E-state index contributed by atoms with van der Waals surface area (Å²) in [6.45, 7) is 4.17. The lowest BCUT2D eigenvalue weighted by Crippen LogP contribution is -2.41. The molecule has 3 N–H and O–H groups in total. The van der Waals surface area contributed by atoms with Crippen molar-refractivity contribution < 1.29 is 13.2 Å². The molecule has 0 aliphatic carbocycles. The Hall–Kier alpha value is -2.64. The Morgan fingerprint density at radius 2 is 1.81 bits per heavy atom. The number of rotatable bonds is 6. The van der Waals surface area contributed by atoms with Gasteiger partial charge in [-0.05, 0) is 36.1 Å². The van der Waals surface area contributed by atoms with Crippen LogP contribution < -0.4 is 10.3 Å². The molecule has 0 bridgehead atoms. The van der Waals surface area contributed by atoms with E-state index in [0.717, 1.165) is 22.9 Å². The fraction of sp³-hybridized carbons (Fsp3) is 0.211. The SMILES string of the molecule is CC[C@@H](C)c1ccc(S(=O)(=O)NNC(=O)c2c[nH]c3ccccc23)cc1. The van der Waals surface area contributed by atoms with E-state index in [1.165, 1.54) is 0 Å². The van der Waals surface area contributed by atoms with Crippen LogP contribution in [0.3, 0.4) is 0 Å². The third kappa shape index (κ3) is 3.63. The van der Waals surface area contributed by atoms with Crippen LogP contribution in [0.2, 0.25) is 0 Å². The fourth-order valence-electron chi connectivity index (χ4n) is 2.71. The Bertz CT molecular complexity index is 1020. The highest BCUT2D eigenvalue weighted by Crippen LogP contribution is 2.20. The topological polar surface area (TPSA) is 91.1 Å². The van der Waals surface area contributed by atoms with E-state index in [0.29, 0.717) is 11.5 Å². The summed E-state index contributed by atoms with van der Waals surface area (Å²) in [4.78, 5) is 17.6. The number of hydrazine groups is 1. The first-order chi connectivity index (χ1) is 12.4. The molecular formula is C19H21N3O3S. The van der Waals surface area contributed by atoms with Gasteiger partial charge in [0.2, 0.25) is 0 Å². The molecule has 3 rings (SSSR count). The molecule has 26 heavy (non-hydrogen) atoms. The molecule has 0 radical (unpaired) electrons. The zero-order valence-corrected chi connectivity index (χ0v) is 15.4. The summed E-state index contributed by atoms with van der Waals surface area (Å²) in [5, 5.41) is 0.724. The van der Waals surface area contributed by atoms with Crippen molar-refractivity contribution >= 4 is 26.8 Å². The molecule has 0 saturated carbocycles. The number of aromatic amines is 1. The van der Waals surface area contributed by atoms with E-state index >= 15 is 0 Å². The predicted molar refractivity (Wildman–Crippen MR) is 101 cm³/mol. The number of hydrogen-bond acceptors (Lipinski definition) is 3. The standard InChI is InChI=1S/C19H21N3O3S/c1-3-13(2)14-8-10-15(11-9-14)26(24,25)22-21-19(23)17-12-20-18-7-5-4-6-16(17)18/h4-13,20,22H,3H2,1-2H3,(H,21,23)/t13-/m1/s1. The number of sulfonamides is 1. The van der Waals surface area contributed by atoms with E-state index in [9.17, 15) is 13.2 Å². The van der Waals surface area contributed by atoms with Gasteiger partial charge < -0.3 is 4.98 Å². The minimum Gasteiger partial charge on any atom is -0.360 e. The molecule has 0 aliphatic heterocycles. The number of H-pyrrole nitrogens is 1. The average molecular weight is 371 g/mol. The maximum absolute atomic E-state index is 12.4. The molecule has 1 atom stereocenters. The van der Waals surface area contributed by atoms with E-state index in [1.807, 2.05) is 18.2 Å². The smallest absolute Gasteiger partial charge is 0.268 e. The van der Waals surface area contributed by atoms with Crippen molar-refractivity contribution in [3.63, 3.8) is 0 Å². The minimum absolute atomic E-state index is 0.101. The number of aromatic nitrogens is 1. The van der Waals surface area contributed by atoms with Gasteiger partial charge in [0.1, 0.15) is 0 Å². The summed E-state index contributed by atoms with van der Waals surface area (Å²) in [5.74, 6) is -0.163. The lowest BCUT2D eigenvalue weighted by atomic mass is 9.99. The van der Waals surface area contributed by atoms with Gasteiger partial charge in [0, 0.05) is 17.1 Å². The molecule has 0 aliphatic rings. The number of hydrogen-bond donors (Lipinski definition) is 3. The third-order valence-corrected chi connectivity index (χ3v) is 5.77. The lowest BCUT2D eigenvalue weighted by Gasteiger charge is -2.11. The van der Waals surface area contributed by atoms with E-state index in [1.54, 1.807) is 36.5 Å². The van der Waals surface area contributed by atoms with Crippen molar-refractivity contribution in [2.24, 2.45) is 0 Å². The van der Waals surface area contributed by atoms with Gasteiger partial charge in [-0.3, -0.25) is 10.2 Å². The van der Waals surface area contributed by atoms with Gasteiger partial charge in [-0.1, -0.05) is 44.2 Å². The summed E-state index contributed by atoms with van der Waals surface area (Å²) in [6.07, 6.45) is 2.53. The van der Waals surface area contributed by atoms with Crippen molar-refractivity contribution in [1.82, 2.24) is 15.2 Å². The monoisotopic (exact) mass is 371 g/mol. The van der Waals surface area contributed by atoms with Crippen LogP contribution in [0.15, 0.2) is 59.6 Å². The molecule has 1 heterocycles. The van der Waals surface area contributed by atoms with E-state index in [-0.39, 0.29) is 4.90 Å². The van der Waals surface area contributed by atoms with Crippen molar-refractivity contribution in [3.8, 4) is 0 Å². The molecule has 3 aromatic rings. The molecule has 0 saturated heterocycles. The van der Waals surface area contributed by atoms with Gasteiger partial charge in [-0.25, -0.2) is 8.42 Å². The predicted octanol–water partition coefficient (Wildman–Crippen LogP) is 3.30. The normalized spacial score (nSPS) is 12.8. The number of para-hydroxylation sites is 1. The van der Waals surface area contributed by atoms with E-state index in [2.05, 4.69) is 29.1 Å². The second-order valence-electron chi connectivity index (χ2n) is 6.19. The zero-order chi connectivity index (χ0) is 18.7. The summed E-state index contributed by atoms with van der Waals surface area (Å²) in [7, 11) is -3.84. The maximum atomic E-state index is 12.4. The maximum Gasteiger partial charge on any atom is 0.268 e. The van der Waals surface area contributed by atoms with Crippen LogP contribution in [0.5, 0.6) is 0 Å². The van der Waals surface area contributed by atoms with Crippen LogP contribution in [-0.4, -0.2) is 19.3 Å². The second kappa shape index (κ2) is 7.31. The van der Waals surface area contributed by atoms with Gasteiger partial charge in [-0.15, -0.1) is 4.83 Å². The Labute approximate surface area is 152 Å². The van der Waals surface area contributed by atoms with E-state index < -0.39 is 15.9 Å². The molecule has 136 valence electrons. The number of nitrogens with one attached hydrogen (secondary N) is 3. The number of amides is 1. The largest absolute Gasteiger partial charge is 0.360 e. The number of carbonyl (C=O) groups is 1. The summed E-state index contributed by atoms with van der Waals surface area (Å²) in [6, 6.07) is 14.0. The molecule has 7 heteroatoms. The first-order valence-corrected chi connectivity index (χ1v) is 9.89. The van der Waals surface area contributed by atoms with Crippen LogP contribution in [0.25, 0.3) is 10.9 Å². The molecule has 0 spiro atoms. The van der Waals surface area contributed by atoms with Gasteiger partial charge in [0.05, 0.1) is 10.5 Å². The van der Waals surface area contributed by atoms with Gasteiger partial charge in [0.25, 0.3) is 15.9 Å². The number of benzene rings is 2. The van der Waals surface area contributed by atoms with Gasteiger partial charge in [0.15, 0.2) is 0 Å².